The minimum absolute atomic E-state index is 0.591. The normalized spacial score (nSPS) is 17.3. The molecule has 0 fully saturated rings. The molecule has 4 aliphatic rings. The summed E-state index contributed by atoms with van der Waals surface area (Å²) in [6.07, 6.45) is 0. The van der Waals surface area contributed by atoms with E-state index in [9.17, 15) is 0 Å². The van der Waals surface area contributed by atoms with Crippen molar-refractivity contribution in [3.8, 4) is 45.3 Å². The molecule has 66 heavy (non-hydrogen) atoms. The number of hydrogen-bond acceptors (Lipinski definition) is 12. The molecule has 328 valence electrons. The van der Waals surface area contributed by atoms with Gasteiger partial charge in [0.05, 0.1) is 51.9 Å². The van der Waals surface area contributed by atoms with Gasteiger partial charge in [-0.15, -0.1) is 47.0 Å². The van der Waals surface area contributed by atoms with Crippen LogP contribution in [-0.4, -0.2) is 49.4 Å². The van der Waals surface area contributed by atoms with E-state index < -0.39 is 0 Å². The maximum atomic E-state index is 6.77. The first kappa shape index (κ1) is 43.3. The van der Waals surface area contributed by atoms with Gasteiger partial charge >= 0.3 is 0 Å². The summed E-state index contributed by atoms with van der Waals surface area (Å²) >= 11 is 15.3. The molecule has 0 bridgehead atoms. The van der Waals surface area contributed by atoms with Crippen molar-refractivity contribution in [2.45, 2.75) is 0 Å². The second kappa shape index (κ2) is 19.6. The predicted molar refractivity (Wildman–Crippen MR) is 297 cm³/mol. The lowest BCUT2D eigenvalue weighted by atomic mass is 9.92. The Labute approximate surface area is 418 Å². The van der Waals surface area contributed by atoms with Crippen LogP contribution in [0.1, 0.15) is 0 Å². The minimum atomic E-state index is 0.591. The van der Waals surface area contributed by atoms with E-state index in [1.54, 1.807) is 0 Å². The van der Waals surface area contributed by atoms with Gasteiger partial charge in [-0.05, 0) is 67.4 Å². The van der Waals surface area contributed by atoms with E-state index in [1.807, 2.05) is 94.1 Å². The molecule has 0 saturated heterocycles. The Balaban J connectivity index is 0.797. The van der Waals surface area contributed by atoms with E-state index in [0.29, 0.717) is 26.4 Å². The van der Waals surface area contributed by atoms with Crippen LogP contribution in [0.4, 0.5) is 0 Å². The summed E-state index contributed by atoms with van der Waals surface area (Å²) in [4.78, 5) is 0. The van der Waals surface area contributed by atoms with Gasteiger partial charge in [-0.3, -0.25) is 0 Å². The van der Waals surface area contributed by atoms with E-state index in [-0.39, 0.29) is 0 Å². The largest absolute Gasteiger partial charge is 0.492 e. The average Bonchev–Trinajstić information content (AvgIpc) is 3.97. The Hall–Kier alpha value is -3.98. The summed E-state index contributed by atoms with van der Waals surface area (Å²) in [5.74, 6) is 6.94. The molecule has 0 saturated carbocycles. The minimum Gasteiger partial charge on any atom is -0.492 e. The van der Waals surface area contributed by atoms with E-state index in [2.05, 4.69) is 146 Å². The maximum Gasteiger partial charge on any atom is 0.127 e. The Morgan fingerprint density at radius 3 is 0.758 bits per heavy atom. The molecule has 8 aromatic rings. The van der Waals surface area contributed by atoms with E-state index in [0.717, 1.165) is 68.3 Å². The topological polar surface area (TPSA) is 36.9 Å². The second-order valence-corrected chi connectivity index (χ2v) is 25.6. The first-order valence-electron chi connectivity index (χ1n) is 21.8. The molecule has 0 aromatic heterocycles. The summed E-state index contributed by atoms with van der Waals surface area (Å²) in [6, 6.07) is 51.7. The molecule has 4 heterocycles. The fourth-order valence-electron chi connectivity index (χ4n) is 8.73. The highest BCUT2D eigenvalue weighted by Crippen LogP contribution is 2.66. The van der Waals surface area contributed by atoms with Crippen LogP contribution in [0.2, 0.25) is 0 Å². The van der Waals surface area contributed by atoms with Crippen molar-refractivity contribution in [1.82, 2.24) is 0 Å². The first-order valence-corrected chi connectivity index (χ1v) is 29.0. The standard InChI is InChI=1S/C54H40O4S8/c1-5-13-37-33(9-1)17-21-41-45(37)46-38-14-6-2-10-34(38)18-22-42(46)56-26-30-60-50-49(59-29-25-55-41)63-53(64-50)54-65-51-52(66-54)62-32-28-58-44-24-20-36-12-4-8-16-40(36)48(44)47-39-15-7-3-11-35(39)19-23-43(47)57-27-31-61-51/h1-24H,25-32H2. The molecule has 4 nitrogen and oxygen atoms in total. The van der Waals surface area contributed by atoms with Crippen LogP contribution in [0.5, 0.6) is 23.0 Å². The SMILES string of the molecule is c1ccc2c3c(ccc2c1)OCCSC1=C(SCCOc2ccc4ccccc4c2-3)SC(=C2SC3=C(SCCOc4ccc5ccccc5c4-c4c(ccc5ccccc45)OCCS3)S2)S1. The molecule has 8 aromatic carbocycles. The summed E-state index contributed by atoms with van der Waals surface area (Å²) in [5, 5.41) is 9.41. The zero-order chi connectivity index (χ0) is 43.8. The van der Waals surface area contributed by atoms with E-state index in [1.165, 1.54) is 68.5 Å². The highest BCUT2D eigenvalue weighted by Gasteiger charge is 2.32. The Morgan fingerprint density at radius 2 is 0.500 bits per heavy atom. The molecule has 0 unspecified atom stereocenters. The zero-order valence-corrected chi connectivity index (χ0v) is 41.9. The maximum absolute atomic E-state index is 6.77. The van der Waals surface area contributed by atoms with Crippen LogP contribution in [0.3, 0.4) is 0 Å². The van der Waals surface area contributed by atoms with Crippen LogP contribution in [0, 0.1) is 0 Å². The van der Waals surface area contributed by atoms with Crippen molar-refractivity contribution in [2.24, 2.45) is 0 Å². The third kappa shape index (κ3) is 8.59. The van der Waals surface area contributed by atoms with Gasteiger partial charge in [0, 0.05) is 45.3 Å². The van der Waals surface area contributed by atoms with Gasteiger partial charge in [0.15, 0.2) is 0 Å². The number of hydrogen-bond donors (Lipinski definition) is 0. The van der Waals surface area contributed by atoms with Gasteiger partial charge in [0.1, 0.15) is 23.0 Å². The average molecular weight is 1010 g/mol. The summed E-state index contributed by atoms with van der Waals surface area (Å²) in [6.45, 7) is 2.36. The Morgan fingerprint density at radius 1 is 0.258 bits per heavy atom. The molecule has 0 radical (unpaired) electrons. The highest BCUT2D eigenvalue weighted by molar-refractivity contribution is 8.45. The number of ether oxygens (including phenoxy) is 4. The van der Waals surface area contributed by atoms with Crippen molar-refractivity contribution in [1.29, 1.82) is 0 Å². The Bertz CT molecular complexity index is 2880. The van der Waals surface area contributed by atoms with Crippen LogP contribution >= 0.6 is 94.1 Å². The van der Waals surface area contributed by atoms with Crippen molar-refractivity contribution >= 4 is 137 Å². The number of rotatable bonds is 0. The lowest BCUT2D eigenvalue weighted by Gasteiger charge is -2.20. The second-order valence-electron chi connectivity index (χ2n) is 15.6. The number of fused-ring (bicyclic) bond motifs is 14. The quantitative estimate of drug-likeness (QED) is 0.145. The van der Waals surface area contributed by atoms with Gasteiger partial charge in [-0.2, -0.15) is 0 Å². The fourth-order valence-corrected chi connectivity index (χ4v) is 20.3. The van der Waals surface area contributed by atoms with Gasteiger partial charge in [-0.25, -0.2) is 0 Å². The Kier molecular flexibility index (Phi) is 12.8. The molecular formula is C54H40O4S8. The third-order valence-electron chi connectivity index (χ3n) is 11.6. The van der Waals surface area contributed by atoms with Crippen molar-refractivity contribution in [3.05, 3.63) is 171 Å². The van der Waals surface area contributed by atoms with Crippen molar-refractivity contribution in [3.63, 3.8) is 0 Å². The van der Waals surface area contributed by atoms with Crippen LogP contribution in [0.25, 0.3) is 65.3 Å². The molecule has 0 spiro atoms. The molecule has 12 heteroatoms. The molecule has 12 rings (SSSR count). The van der Waals surface area contributed by atoms with Crippen molar-refractivity contribution in [2.75, 3.05) is 49.4 Å². The van der Waals surface area contributed by atoms with Gasteiger partial charge in [0.2, 0.25) is 0 Å². The van der Waals surface area contributed by atoms with Crippen LogP contribution in [0.15, 0.2) is 171 Å². The molecule has 0 atom stereocenters. The number of benzene rings is 8. The van der Waals surface area contributed by atoms with Gasteiger partial charge in [0.25, 0.3) is 0 Å². The summed E-state index contributed by atoms with van der Waals surface area (Å²) in [7, 11) is 0. The van der Waals surface area contributed by atoms with Crippen molar-refractivity contribution < 1.29 is 18.9 Å². The molecule has 4 aliphatic heterocycles. The monoisotopic (exact) mass is 1010 g/mol. The van der Waals surface area contributed by atoms with Gasteiger partial charge in [-0.1, -0.05) is 168 Å². The van der Waals surface area contributed by atoms with E-state index in [4.69, 9.17) is 18.9 Å². The van der Waals surface area contributed by atoms with Crippen LogP contribution < -0.4 is 18.9 Å². The van der Waals surface area contributed by atoms with Gasteiger partial charge < -0.3 is 18.9 Å². The number of thioether (sulfide) groups is 8. The molecular weight excluding hydrogens is 969 g/mol. The predicted octanol–water partition coefficient (Wildman–Crippen LogP) is 17.1. The first-order chi connectivity index (χ1) is 32.7. The zero-order valence-electron chi connectivity index (χ0n) is 35.4. The highest BCUT2D eigenvalue weighted by atomic mass is 32.3. The van der Waals surface area contributed by atoms with E-state index >= 15 is 0 Å². The molecule has 0 amide bonds. The summed E-state index contributed by atoms with van der Waals surface area (Å²) in [5.41, 5.74) is 4.39. The smallest absolute Gasteiger partial charge is 0.127 e. The summed E-state index contributed by atoms with van der Waals surface area (Å²) < 4.78 is 35.2. The van der Waals surface area contributed by atoms with Crippen LogP contribution in [-0.2, 0) is 0 Å². The lowest BCUT2D eigenvalue weighted by molar-refractivity contribution is 0.341. The fraction of sp³-hybridized carbons (Fsp3) is 0.148. The molecule has 0 aliphatic carbocycles. The molecule has 0 N–H and O–H groups in total. The lowest BCUT2D eigenvalue weighted by Crippen LogP contribution is -2.05. The third-order valence-corrected chi connectivity index (χ3v) is 23.0.